The molecule has 1 amide bonds. The molecule has 3 fully saturated rings. The Balaban J connectivity index is 1.75. The Labute approximate surface area is 131 Å². The second-order valence-corrected chi connectivity index (χ2v) is 7.35. The van der Waals surface area contributed by atoms with Gasteiger partial charge in [-0.1, -0.05) is 29.8 Å². The van der Waals surface area contributed by atoms with Crippen LogP contribution < -0.4 is 4.90 Å². The standard InChI is InChI=1S/C19H22N2O/c1-3-14-13-8-9-20-11-19(18(14)20)15-6-4-5-7-16(15)21(12(2)22)17(19)10-13/h3-7,13,17-18H,8-11H2,1-2H3/t13-,17-,18-,19-/m1/s1. The zero-order chi connectivity index (χ0) is 15.1. The SMILES string of the molecule is CC=C1[C@@H]2CCN3C[C@]4(c5ccccc5N(C(C)=O)[C@@H]4C2)[C@@H]13. The average molecular weight is 294 g/mol. The molecule has 3 heteroatoms. The predicted octanol–water partition coefficient (Wildman–Crippen LogP) is 2.71. The average Bonchev–Trinajstić information content (AvgIpc) is 2.76. The van der Waals surface area contributed by atoms with E-state index in [0.717, 1.165) is 13.0 Å². The van der Waals surface area contributed by atoms with Crippen molar-refractivity contribution in [1.29, 1.82) is 0 Å². The number of para-hydroxylation sites is 1. The number of anilines is 1. The zero-order valence-electron chi connectivity index (χ0n) is 13.2. The van der Waals surface area contributed by atoms with Gasteiger partial charge in [-0.3, -0.25) is 9.69 Å². The first-order valence-electron chi connectivity index (χ1n) is 8.48. The number of nitrogens with zero attached hydrogens (tertiary/aromatic N) is 2. The highest BCUT2D eigenvalue weighted by molar-refractivity contribution is 5.96. The van der Waals surface area contributed by atoms with Crippen LogP contribution in [0.2, 0.25) is 0 Å². The summed E-state index contributed by atoms with van der Waals surface area (Å²) in [6, 6.07) is 9.51. The number of carbonyl (C=O) groups excluding carboxylic acids is 1. The highest BCUT2D eigenvalue weighted by Gasteiger charge is 2.69. The molecule has 3 nitrogen and oxygen atoms in total. The highest BCUT2D eigenvalue weighted by Crippen LogP contribution is 2.63. The molecule has 114 valence electrons. The van der Waals surface area contributed by atoms with Crippen molar-refractivity contribution in [3.05, 3.63) is 41.5 Å². The molecule has 4 atom stereocenters. The van der Waals surface area contributed by atoms with Crippen molar-refractivity contribution < 1.29 is 4.79 Å². The molecule has 5 rings (SSSR count). The fraction of sp³-hybridized carbons (Fsp3) is 0.526. The largest absolute Gasteiger partial charge is 0.308 e. The molecule has 1 aromatic rings. The Hall–Kier alpha value is -1.61. The maximum absolute atomic E-state index is 12.4. The number of allylic oxidation sites excluding steroid dienone is 1. The van der Waals surface area contributed by atoms with Crippen LogP contribution in [0.1, 0.15) is 32.3 Å². The van der Waals surface area contributed by atoms with Crippen LogP contribution in [0.15, 0.2) is 35.9 Å². The van der Waals surface area contributed by atoms with Gasteiger partial charge in [-0.2, -0.15) is 0 Å². The summed E-state index contributed by atoms with van der Waals surface area (Å²) in [5, 5.41) is 0. The number of hydrogen-bond acceptors (Lipinski definition) is 2. The summed E-state index contributed by atoms with van der Waals surface area (Å²) in [6.07, 6.45) is 4.75. The van der Waals surface area contributed by atoms with Crippen LogP contribution in [0, 0.1) is 5.92 Å². The van der Waals surface area contributed by atoms with E-state index in [-0.39, 0.29) is 11.3 Å². The molecule has 1 spiro atoms. The molecule has 2 saturated heterocycles. The van der Waals surface area contributed by atoms with Crippen LogP contribution in [-0.2, 0) is 10.2 Å². The molecule has 2 bridgehead atoms. The van der Waals surface area contributed by atoms with E-state index in [9.17, 15) is 4.79 Å². The van der Waals surface area contributed by atoms with Crippen LogP contribution in [-0.4, -0.2) is 36.0 Å². The smallest absolute Gasteiger partial charge is 0.224 e. The number of piperidine rings is 1. The fourth-order valence-electron chi connectivity index (χ4n) is 5.95. The van der Waals surface area contributed by atoms with Crippen molar-refractivity contribution in [3.8, 4) is 0 Å². The molecule has 4 aliphatic rings. The number of fused-ring (bicyclic) bond motifs is 2. The fourth-order valence-corrected chi connectivity index (χ4v) is 5.95. The maximum atomic E-state index is 12.4. The first-order valence-corrected chi connectivity index (χ1v) is 8.48. The number of rotatable bonds is 0. The van der Waals surface area contributed by atoms with Crippen molar-refractivity contribution in [2.45, 2.75) is 44.2 Å². The number of carbonyl (C=O) groups is 1. The van der Waals surface area contributed by atoms with Gasteiger partial charge in [-0.05, 0) is 43.9 Å². The van der Waals surface area contributed by atoms with E-state index in [0.29, 0.717) is 18.0 Å². The first-order chi connectivity index (χ1) is 10.7. The van der Waals surface area contributed by atoms with Crippen LogP contribution in [0.25, 0.3) is 0 Å². The normalized spacial score (nSPS) is 40.2. The third-order valence-corrected chi connectivity index (χ3v) is 6.62. The van der Waals surface area contributed by atoms with Gasteiger partial charge in [0.1, 0.15) is 0 Å². The number of amides is 1. The van der Waals surface area contributed by atoms with Crippen molar-refractivity contribution >= 4 is 11.6 Å². The second-order valence-electron chi connectivity index (χ2n) is 7.35. The van der Waals surface area contributed by atoms with Gasteiger partial charge in [0.25, 0.3) is 0 Å². The van der Waals surface area contributed by atoms with Crippen LogP contribution in [0.5, 0.6) is 0 Å². The molecular formula is C19H22N2O. The number of hydrogen-bond donors (Lipinski definition) is 0. The van der Waals surface area contributed by atoms with Crippen LogP contribution >= 0.6 is 0 Å². The first kappa shape index (κ1) is 12.9. The molecule has 1 saturated carbocycles. The van der Waals surface area contributed by atoms with Gasteiger partial charge in [-0.25, -0.2) is 0 Å². The Morgan fingerprint density at radius 2 is 2.18 bits per heavy atom. The van der Waals surface area contributed by atoms with Gasteiger partial charge in [0.15, 0.2) is 0 Å². The zero-order valence-corrected chi connectivity index (χ0v) is 13.2. The number of benzene rings is 1. The molecule has 0 unspecified atom stereocenters. The quantitative estimate of drug-likeness (QED) is 0.687. The summed E-state index contributed by atoms with van der Waals surface area (Å²) in [6.45, 7) is 6.27. The van der Waals surface area contributed by atoms with E-state index in [2.05, 4.69) is 47.1 Å². The minimum atomic E-state index is 0.154. The Bertz CT molecular complexity index is 709. The third kappa shape index (κ3) is 1.22. The van der Waals surface area contributed by atoms with Crippen LogP contribution in [0.4, 0.5) is 5.69 Å². The Morgan fingerprint density at radius 1 is 1.36 bits per heavy atom. The molecular weight excluding hydrogens is 272 g/mol. The summed E-state index contributed by atoms with van der Waals surface area (Å²) in [5.74, 6) is 0.871. The maximum Gasteiger partial charge on any atom is 0.224 e. The molecule has 22 heavy (non-hydrogen) atoms. The van der Waals surface area contributed by atoms with Gasteiger partial charge in [0.2, 0.25) is 5.91 Å². The Morgan fingerprint density at radius 3 is 2.95 bits per heavy atom. The topological polar surface area (TPSA) is 23.6 Å². The van der Waals surface area contributed by atoms with E-state index in [1.807, 2.05) is 0 Å². The molecule has 1 aromatic carbocycles. The van der Waals surface area contributed by atoms with E-state index in [4.69, 9.17) is 0 Å². The molecule has 3 heterocycles. The van der Waals surface area contributed by atoms with E-state index >= 15 is 0 Å². The highest BCUT2D eigenvalue weighted by atomic mass is 16.2. The van der Waals surface area contributed by atoms with E-state index in [1.54, 1.807) is 12.5 Å². The predicted molar refractivity (Wildman–Crippen MR) is 86.9 cm³/mol. The van der Waals surface area contributed by atoms with Crippen molar-refractivity contribution in [2.75, 3.05) is 18.0 Å². The van der Waals surface area contributed by atoms with E-state index < -0.39 is 0 Å². The third-order valence-electron chi connectivity index (χ3n) is 6.62. The van der Waals surface area contributed by atoms with Crippen molar-refractivity contribution in [3.63, 3.8) is 0 Å². The Kier molecular flexibility index (Phi) is 2.35. The lowest BCUT2D eigenvalue weighted by Gasteiger charge is -2.67. The van der Waals surface area contributed by atoms with Gasteiger partial charge >= 0.3 is 0 Å². The minimum Gasteiger partial charge on any atom is -0.308 e. The molecule has 1 aliphatic carbocycles. The van der Waals surface area contributed by atoms with Gasteiger partial charge in [-0.15, -0.1) is 0 Å². The van der Waals surface area contributed by atoms with Crippen molar-refractivity contribution in [2.24, 2.45) is 5.92 Å². The molecule has 0 aromatic heterocycles. The summed E-state index contributed by atoms with van der Waals surface area (Å²) in [7, 11) is 0. The molecule has 0 radical (unpaired) electrons. The van der Waals surface area contributed by atoms with Gasteiger partial charge in [0.05, 0.1) is 11.5 Å². The minimum absolute atomic E-state index is 0.154. The lowest BCUT2D eigenvalue weighted by Crippen LogP contribution is -2.77. The molecule has 0 N–H and O–H groups in total. The van der Waals surface area contributed by atoms with Crippen molar-refractivity contribution in [1.82, 2.24) is 4.90 Å². The monoisotopic (exact) mass is 294 g/mol. The lowest BCUT2D eigenvalue weighted by atomic mass is 9.52. The summed E-state index contributed by atoms with van der Waals surface area (Å²) in [4.78, 5) is 17.1. The summed E-state index contributed by atoms with van der Waals surface area (Å²) >= 11 is 0. The van der Waals surface area contributed by atoms with Crippen LogP contribution in [0.3, 0.4) is 0 Å². The summed E-state index contributed by atoms with van der Waals surface area (Å²) in [5.41, 5.74) is 4.37. The lowest BCUT2D eigenvalue weighted by molar-refractivity contribution is -0.119. The van der Waals surface area contributed by atoms with Gasteiger partial charge < -0.3 is 4.90 Å². The second kappa shape index (κ2) is 4.02. The summed E-state index contributed by atoms with van der Waals surface area (Å²) < 4.78 is 0. The van der Waals surface area contributed by atoms with Gasteiger partial charge in [0, 0.05) is 25.2 Å². The van der Waals surface area contributed by atoms with E-state index in [1.165, 1.54) is 24.2 Å². The molecule has 3 aliphatic heterocycles.